The van der Waals surface area contributed by atoms with Gasteiger partial charge in [-0.1, -0.05) is 18.2 Å². The zero-order valence-corrected chi connectivity index (χ0v) is 15.1. The molecule has 6 heteroatoms. The van der Waals surface area contributed by atoms with Crippen LogP contribution >= 0.6 is 0 Å². The number of carbonyl (C=O) groups is 1. The molecular formula is C19H27N5O. The minimum Gasteiger partial charge on any atom is -0.349 e. The van der Waals surface area contributed by atoms with E-state index in [4.69, 9.17) is 0 Å². The number of rotatable bonds is 6. The van der Waals surface area contributed by atoms with Crippen LogP contribution in [-0.2, 0) is 4.79 Å². The molecule has 1 aromatic heterocycles. The number of hydrogen-bond acceptors (Lipinski definition) is 4. The summed E-state index contributed by atoms with van der Waals surface area (Å²) in [4.78, 5) is 17.0. The van der Waals surface area contributed by atoms with Crippen molar-refractivity contribution in [3.05, 3.63) is 48.3 Å². The van der Waals surface area contributed by atoms with Crippen LogP contribution in [0.4, 0.5) is 0 Å². The maximum Gasteiger partial charge on any atom is 0.221 e. The van der Waals surface area contributed by atoms with Crippen molar-refractivity contribution in [3.8, 4) is 5.69 Å². The Morgan fingerprint density at radius 3 is 2.68 bits per heavy atom. The Bertz CT molecular complexity index is 677. The van der Waals surface area contributed by atoms with Gasteiger partial charge in [-0.05, 0) is 31.7 Å². The highest BCUT2D eigenvalue weighted by Crippen LogP contribution is 2.21. The fraction of sp³-hybridized carbons (Fsp3) is 0.474. The molecule has 1 fully saturated rings. The van der Waals surface area contributed by atoms with E-state index < -0.39 is 0 Å². The number of carbonyl (C=O) groups excluding carboxylic acids is 1. The van der Waals surface area contributed by atoms with Gasteiger partial charge in [0.15, 0.2) is 0 Å². The van der Waals surface area contributed by atoms with Gasteiger partial charge in [0.25, 0.3) is 0 Å². The van der Waals surface area contributed by atoms with Crippen molar-refractivity contribution in [1.29, 1.82) is 0 Å². The smallest absolute Gasteiger partial charge is 0.221 e. The van der Waals surface area contributed by atoms with Crippen LogP contribution in [0.2, 0.25) is 0 Å². The molecule has 1 aliphatic heterocycles. The van der Waals surface area contributed by atoms with Crippen molar-refractivity contribution in [2.45, 2.75) is 19.4 Å². The number of amides is 1. The number of benzene rings is 1. The van der Waals surface area contributed by atoms with Crippen molar-refractivity contribution in [3.63, 3.8) is 0 Å². The standard InChI is InChI=1S/C19H27N5O/c1-16(17-6-3-4-7-18(17)24-10-5-9-20-24)21-19(25)8-11-23-14-12-22(2)13-15-23/h3-7,9-10,16H,8,11-15H2,1-2H3,(H,21,25). The molecule has 0 saturated carbocycles. The van der Waals surface area contributed by atoms with E-state index in [0.717, 1.165) is 44.0 Å². The summed E-state index contributed by atoms with van der Waals surface area (Å²) in [6, 6.07) is 9.89. The third-order valence-corrected chi connectivity index (χ3v) is 4.78. The van der Waals surface area contributed by atoms with Crippen LogP contribution in [0.1, 0.15) is 24.9 Å². The molecule has 25 heavy (non-hydrogen) atoms. The van der Waals surface area contributed by atoms with Crippen molar-refractivity contribution in [1.82, 2.24) is 24.9 Å². The maximum absolute atomic E-state index is 12.4. The first-order valence-electron chi connectivity index (χ1n) is 8.92. The molecule has 1 N–H and O–H groups in total. The summed E-state index contributed by atoms with van der Waals surface area (Å²) < 4.78 is 1.84. The lowest BCUT2D eigenvalue weighted by molar-refractivity contribution is -0.122. The molecule has 6 nitrogen and oxygen atoms in total. The van der Waals surface area contributed by atoms with Gasteiger partial charge in [-0.3, -0.25) is 4.79 Å². The molecule has 134 valence electrons. The second-order valence-corrected chi connectivity index (χ2v) is 6.69. The second-order valence-electron chi connectivity index (χ2n) is 6.69. The molecule has 1 saturated heterocycles. The first kappa shape index (κ1) is 17.6. The molecule has 1 amide bonds. The minimum absolute atomic E-state index is 0.0552. The molecule has 0 spiro atoms. The first-order chi connectivity index (χ1) is 12.1. The van der Waals surface area contributed by atoms with E-state index in [1.807, 2.05) is 48.1 Å². The summed E-state index contributed by atoms with van der Waals surface area (Å²) in [6.07, 6.45) is 4.22. The van der Waals surface area contributed by atoms with E-state index in [1.54, 1.807) is 6.20 Å². The lowest BCUT2D eigenvalue weighted by atomic mass is 10.1. The van der Waals surface area contributed by atoms with Crippen LogP contribution in [-0.4, -0.2) is 65.3 Å². The fourth-order valence-electron chi connectivity index (χ4n) is 3.20. The van der Waals surface area contributed by atoms with Gasteiger partial charge in [0, 0.05) is 51.5 Å². The van der Waals surface area contributed by atoms with Crippen LogP contribution in [0.5, 0.6) is 0 Å². The van der Waals surface area contributed by atoms with Gasteiger partial charge in [0.2, 0.25) is 5.91 Å². The average Bonchev–Trinajstić information content (AvgIpc) is 3.16. The summed E-state index contributed by atoms with van der Waals surface area (Å²) in [5.74, 6) is 0.0988. The highest BCUT2D eigenvalue weighted by atomic mass is 16.1. The quantitative estimate of drug-likeness (QED) is 0.869. The Balaban J connectivity index is 1.55. The van der Waals surface area contributed by atoms with Crippen molar-refractivity contribution in [2.75, 3.05) is 39.8 Å². The number of piperazine rings is 1. The number of nitrogens with zero attached hydrogens (tertiary/aromatic N) is 4. The van der Waals surface area contributed by atoms with E-state index in [0.29, 0.717) is 6.42 Å². The zero-order valence-electron chi connectivity index (χ0n) is 15.1. The molecule has 0 radical (unpaired) electrons. The molecule has 1 aliphatic rings. The van der Waals surface area contributed by atoms with Crippen LogP contribution in [0.25, 0.3) is 5.69 Å². The number of likely N-dealkylation sites (N-methyl/N-ethyl adjacent to an activating group) is 1. The lowest BCUT2D eigenvalue weighted by Crippen LogP contribution is -2.45. The highest BCUT2D eigenvalue weighted by Gasteiger charge is 2.17. The highest BCUT2D eigenvalue weighted by molar-refractivity contribution is 5.76. The van der Waals surface area contributed by atoms with Gasteiger partial charge < -0.3 is 15.1 Å². The molecule has 3 rings (SSSR count). The number of para-hydroxylation sites is 1. The van der Waals surface area contributed by atoms with Gasteiger partial charge in [0.1, 0.15) is 0 Å². The van der Waals surface area contributed by atoms with Gasteiger partial charge in [0.05, 0.1) is 11.7 Å². The molecule has 2 aromatic rings. The maximum atomic E-state index is 12.4. The summed E-state index contributed by atoms with van der Waals surface area (Å²) in [5.41, 5.74) is 2.07. The van der Waals surface area contributed by atoms with Crippen LogP contribution in [0.15, 0.2) is 42.7 Å². The molecule has 2 heterocycles. The minimum atomic E-state index is -0.0552. The third kappa shape index (κ3) is 4.67. The monoisotopic (exact) mass is 341 g/mol. The average molecular weight is 341 g/mol. The SMILES string of the molecule is CC(NC(=O)CCN1CCN(C)CC1)c1ccccc1-n1cccn1. The zero-order chi connectivity index (χ0) is 17.6. The molecule has 0 bridgehead atoms. The molecule has 1 unspecified atom stereocenters. The number of nitrogens with one attached hydrogen (secondary N) is 1. The van der Waals surface area contributed by atoms with Crippen molar-refractivity contribution >= 4 is 5.91 Å². The van der Waals surface area contributed by atoms with E-state index >= 15 is 0 Å². The third-order valence-electron chi connectivity index (χ3n) is 4.78. The van der Waals surface area contributed by atoms with Gasteiger partial charge in [-0.25, -0.2) is 4.68 Å². The Morgan fingerprint density at radius 1 is 1.20 bits per heavy atom. The summed E-state index contributed by atoms with van der Waals surface area (Å²) >= 11 is 0. The molecule has 0 aliphatic carbocycles. The second kappa shape index (κ2) is 8.27. The normalized spacial score (nSPS) is 17.4. The lowest BCUT2D eigenvalue weighted by Gasteiger charge is -2.32. The molecule has 1 aromatic carbocycles. The topological polar surface area (TPSA) is 53.4 Å². The Hall–Kier alpha value is -2.18. The van der Waals surface area contributed by atoms with Crippen LogP contribution in [0.3, 0.4) is 0 Å². The summed E-state index contributed by atoms with van der Waals surface area (Å²) in [5, 5.41) is 7.44. The largest absolute Gasteiger partial charge is 0.349 e. The Morgan fingerprint density at radius 2 is 1.96 bits per heavy atom. The number of aromatic nitrogens is 2. The van der Waals surface area contributed by atoms with Gasteiger partial charge in [-0.15, -0.1) is 0 Å². The van der Waals surface area contributed by atoms with E-state index in [2.05, 4.69) is 27.3 Å². The van der Waals surface area contributed by atoms with Crippen LogP contribution in [0, 0.1) is 0 Å². The van der Waals surface area contributed by atoms with Crippen molar-refractivity contribution < 1.29 is 4.79 Å². The Labute approximate surface area is 149 Å². The van der Waals surface area contributed by atoms with E-state index in [-0.39, 0.29) is 11.9 Å². The molecule has 1 atom stereocenters. The van der Waals surface area contributed by atoms with Gasteiger partial charge in [-0.2, -0.15) is 5.10 Å². The van der Waals surface area contributed by atoms with Crippen LogP contribution < -0.4 is 5.32 Å². The number of hydrogen-bond donors (Lipinski definition) is 1. The van der Waals surface area contributed by atoms with Crippen molar-refractivity contribution in [2.24, 2.45) is 0 Å². The Kier molecular flexibility index (Phi) is 5.83. The molecular weight excluding hydrogens is 314 g/mol. The summed E-state index contributed by atoms with van der Waals surface area (Å²) in [7, 11) is 2.14. The first-order valence-corrected chi connectivity index (χ1v) is 8.92. The van der Waals surface area contributed by atoms with E-state index in [9.17, 15) is 4.79 Å². The fourth-order valence-corrected chi connectivity index (χ4v) is 3.20. The predicted molar refractivity (Wildman–Crippen MR) is 98.7 cm³/mol. The predicted octanol–water partition coefficient (Wildman–Crippen LogP) is 1.69. The van der Waals surface area contributed by atoms with E-state index in [1.165, 1.54) is 0 Å². The van der Waals surface area contributed by atoms with Gasteiger partial charge >= 0.3 is 0 Å². The summed E-state index contributed by atoms with van der Waals surface area (Å²) in [6.45, 7) is 7.09.